The maximum Gasteiger partial charge on any atom is 0.419 e. The van der Waals surface area contributed by atoms with Gasteiger partial charge < -0.3 is 5.73 Å². The highest BCUT2D eigenvalue weighted by atomic mass is 127. The first-order valence-corrected chi connectivity index (χ1v) is 4.62. The van der Waals surface area contributed by atoms with E-state index in [0.717, 1.165) is 6.07 Å². The van der Waals surface area contributed by atoms with Gasteiger partial charge in [-0.15, -0.1) is 0 Å². The molecule has 0 aliphatic carbocycles. The standard InChI is InChI=1S/C7H4F5IN2/c8-6(9)5-4(7(10,11)12)2(13)1-3(14)15-5/h1,6H,(H2,14,15). The molecule has 0 unspecified atom stereocenters. The zero-order valence-corrected chi connectivity index (χ0v) is 9.10. The van der Waals surface area contributed by atoms with Crippen LogP contribution in [0.3, 0.4) is 0 Å². The van der Waals surface area contributed by atoms with Gasteiger partial charge in [-0.05, 0) is 28.7 Å². The summed E-state index contributed by atoms with van der Waals surface area (Å²) in [6.07, 6.45) is -8.16. The highest BCUT2D eigenvalue weighted by Gasteiger charge is 2.39. The molecule has 1 aromatic rings. The summed E-state index contributed by atoms with van der Waals surface area (Å²) in [6, 6.07) is 0.898. The molecule has 1 rings (SSSR count). The van der Waals surface area contributed by atoms with E-state index in [4.69, 9.17) is 5.73 Å². The van der Waals surface area contributed by atoms with Gasteiger partial charge in [0.05, 0.1) is 5.56 Å². The van der Waals surface area contributed by atoms with Gasteiger partial charge in [0.15, 0.2) is 0 Å². The first-order chi connectivity index (χ1) is 6.73. The van der Waals surface area contributed by atoms with Crippen LogP contribution in [-0.2, 0) is 6.18 Å². The molecule has 2 nitrogen and oxygen atoms in total. The molecule has 2 N–H and O–H groups in total. The van der Waals surface area contributed by atoms with E-state index in [9.17, 15) is 22.0 Å². The van der Waals surface area contributed by atoms with Crippen LogP contribution in [-0.4, -0.2) is 4.98 Å². The molecule has 15 heavy (non-hydrogen) atoms. The quantitative estimate of drug-likeness (QED) is 0.631. The van der Waals surface area contributed by atoms with E-state index in [0.29, 0.717) is 0 Å². The minimum Gasteiger partial charge on any atom is -0.384 e. The summed E-state index contributed by atoms with van der Waals surface area (Å²) in [4.78, 5) is 3.00. The van der Waals surface area contributed by atoms with Crippen LogP contribution < -0.4 is 5.73 Å². The molecule has 0 bridgehead atoms. The first-order valence-electron chi connectivity index (χ1n) is 3.54. The lowest BCUT2D eigenvalue weighted by molar-refractivity contribution is -0.140. The van der Waals surface area contributed by atoms with Crippen molar-refractivity contribution < 1.29 is 22.0 Å². The van der Waals surface area contributed by atoms with Crippen molar-refractivity contribution in [2.75, 3.05) is 5.73 Å². The molecule has 1 heterocycles. The third-order valence-corrected chi connectivity index (χ3v) is 2.36. The Kier molecular flexibility index (Phi) is 3.36. The number of pyridine rings is 1. The lowest BCUT2D eigenvalue weighted by atomic mass is 10.2. The Balaban J connectivity index is 3.48. The Morgan fingerprint density at radius 3 is 2.27 bits per heavy atom. The van der Waals surface area contributed by atoms with Gasteiger partial charge in [0.2, 0.25) is 0 Å². The normalized spacial score (nSPS) is 12.2. The number of hydrogen-bond acceptors (Lipinski definition) is 2. The number of alkyl halides is 5. The van der Waals surface area contributed by atoms with Gasteiger partial charge in [-0.1, -0.05) is 0 Å². The molecule has 0 amide bonds. The molecule has 1 aromatic heterocycles. The maximum absolute atomic E-state index is 12.4. The molecular formula is C7H4F5IN2. The van der Waals surface area contributed by atoms with E-state index >= 15 is 0 Å². The topological polar surface area (TPSA) is 38.9 Å². The number of nitrogens with zero attached hydrogens (tertiary/aromatic N) is 1. The van der Waals surface area contributed by atoms with Crippen LogP contribution in [0.5, 0.6) is 0 Å². The minimum absolute atomic E-state index is 0.359. The molecular weight excluding hydrogens is 334 g/mol. The fourth-order valence-electron chi connectivity index (χ4n) is 0.990. The summed E-state index contributed by atoms with van der Waals surface area (Å²) in [5.41, 5.74) is 2.34. The lowest BCUT2D eigenvalue weighted by Crippen LogP contribution is -2.14. The van der Waals surface area contributed by atoms with Crippen LogP contribution in [0.2, 0.25) is 0 Å². The van der Waals surface area contributed by atoms with Crippen molar-refractivity contribution in [3.8, 4) is 0 Å². The van der Waals surface area contributed by atoms with E-state index < -0.39 is 23.9 Å². The molecule has 0 fully saturated rings. The zero-order valence-electron chi connectivity index (χ0n) is 6.95. The summed E-state index contributed by atoms with van der Waals surface area (Å²) < 4.78 is 61.4. The van der Waals surface area contributed by atoms with E-state index in [-0.39, 0.29) is 9.39 Å². The fourth-order valence-corrected chi connectivity index (χ4v) is 1.89. The molecule has 0 aliphatic rings. The number of hydrogen-bond donors (Lipinski definition) is 1. The first kappa shape index (κ1) is 12.4. The summed E-state index contributed by atoms with van der Waals surface area (Å²) in [6.45, 7) is 0. The monoisotopic (exact) mass is 338 g/mol. The summed E-state index contributed by atoms with van der Waals surface area (Å²) >= 11 is 1.30. The lowest BCUT2D eigenvalue weighted by Gasteiger charge is -2.13. The Morgan fingerprint density at radius 1 is 1.33 bits per heavy atom. The van der Waals surface area contributed by atoms with Gasteiger partial charge >= 0.3 is 6.18 Å². The minimum atomic E-state index is -4.86. The second kappa shape index (κ2) is 4.06. The van der Waals surface area contributed by atoms with E-state index in [1.54, 1.807) is 0 Å². The molecule has 84 valence electrons. The molecule has 0 saturated heterocycles. The van der Waals surface area contributed by atoms with Crippen molar-refractivity contribution in [3.63, 3.8) is 0 Å². The van der Waals surface area contributed by atoms with Gasteiger partial charge in [0.25, 0.3) is 6.43 Å². The van der Waals surface area contributed by atoms with Gasteiger partial charge in [-0.25, -0.2) is 13.8 Å². The molecule has 0 spiro atoms. The van der Waals surface area contributed by atoms with Gasteiger partial charge in [0.1, 0.15) is 11.5 Å². The van der Waals surface area contributed by atoms with Crippen LogP contribution in [0.4, 0.5) is 27.8 Å². The summed E-state index contributed by atoms with van der Waals surface area (Å²) in [7, 11) is 0. The van der Waals surface area contributed by atoms with Crippen molar-refractivity contribution in [1.29, 1.82) is 0 Å². The largest absolute Gasteiger partial charge is 0.419 e. The van der Waals surface area contributed by atoms with Crippen LogP contribution in [0.15, 0.2) is 6.07 Å². The second-order valence-corrected chi connectivity index (χ2v) is 3.75. The molecule has 0 radical (unpaired) electrons. The molecule has 0 aromatic carbocycles. The van der Waals surface area contributed by atoms with E-state index in [2.05, 4.69) is 4.98 Å². The Morgan fingerprint density at radius 2 is 1.87 bits per heavy atom. The average molecular weight is 338 g/mol. The third kappa shape index (κ3) is 2.67. The smallest absolute Gasteiger partial charge is 0.384 e. The molecule has 0 atom stereocenters. The number of halogens is 6. The van der Waals surface area contributed by atoms with E-state index in [1.807, 2.05) is 0 Å². The van der Waals surface area contributed by atoms with Crippen LogP contribution in [0, 0.1) is 3.57 Å². The van der Waals surface area contributed by atoms with Crippen LogP contribution in [0.1, 0.15) is 17.7 Å². The number of rotatable bonds is 1. The predicted octanol–water partition coefficient (Wildman–Crippen LogP) is 3.22. The zero-order chi connectivity index (χ0) is 11.8. The SMILES string of the molecule is Nc1cc(I)c(C(F)(F)F)c(C(F)F)n1. The van der Waals surface area contributed by atoms with Gasteiger partial charge in [0, 0.05) is 3.57 Å². The predicted molar refractivity (Wildman–Crippen MR) is 51.3 cm³/mol. The fraction of sp³-hybridized carbons (Fsp3) is 0.286. The summed E-state index contributed by atoms with van der Waals surface area (Å²) in [5, 5.41) is 0. The third-order valence-electron chi connectivity index (χ3n) is 1.51. The van der Waals surface area contributed by atoms with Crippen molar-refractivity contribution in [2.24, 2.45) is 0 Å². The van der Waals surface area contributed by atoms with Gasteiger partial charge in [-0.2, -0.15) is 13.2 Å². The second-order valence-electron chi connectivity index (χ2n) is 2.59. The highest BCUT2D eigenvalue weighted by molar-refractivity contribution is 14.1. The van der Waals surface area contributed by atoms with E-state index in [1.165, 1.54) is 22.6 Å². The Bertz CT molecular complexity index is 376. The average Bonchev–Trinajstić information content (AvgIpc) is 1.99. The number of aromatic nitrogens is 1. The molecule has 0 saturated carbocycles. The van der Waals surface area contributed by atoms with Crippen molar-refractivity contribution in [3.05, 3.63) is 20.9 Å². The summed E-state index contributed by atoms with van der Waals surface area (Å²) in [5.74, 6) is -0.359. The van der Waals surface area contributed by atoms with Crippen molar-refractivity contribution in [2.45, 2.75) is 12.6 Å². The maximum atomic E-state index is 12.4. The van der Waals surface area contributed by atoms with Crippen LogP contribution in [0.25, 0.3) is 0 Å². The number of nitrogens with two attached hydrogens (primary N) is 1. The Hall–Kier alpha value is -0.670. The number of anilines is 1. The Labute approximate surface area is 94.8 Å². The molecule has 8 heteroatoms. The van der Waals surface area contributed by atoms with Gasteiger partial charge in [-0.3, -0.25) is 0 Å². The molecule has 0 aliphatic heterocycles. The highest BCUT2D eigenvalue weighted by Crippen LogP contribution is 2.38. The van der Waals surface area contributed by atoms with Crippen LogP contribution >= 0.6 is 22.6 Å². The number of nitrogen functional groups attached to an aromatic ring is 1. The van der Waals surface area contributed by atoms with Crippen molar-refractivity contribution in [1.82, 2.24) is 4.98 Å². The van der Waals surface area contributed by atoms with Crippen molar-refractivity contribution >= 4 is 28.4 Å².